The highest BCUT2D eigenvalue weighted by atomic mass is 32.1. The minimum Gasteiger partial charge on any atom is -0.464 e. The fourth-order valence-electron chi connectivity index (χ4n) is 2.49. The van der Waals surface area contributed by atoms with Crippen molar-refractivity contribution in [1.82, 2.24) is 15.0 Å². The van der Waals surface area contributed by atoms with Gasteiger partial charge in [-0.05, 0) is 25.0 Å². The van der Waals surface area contributed by atoms with Crippen LogP contribution in [0.15, 0.2) is 41.2 Å². The van der Waals surface area contributed by atoms with Crippen molar-refractivity contribution in [2.45, 2.75) is 26.3 Å². The van der Waals surface area contributed by atoms with Crippen LogP contribution in [-0.2, 0) is 9.53 Å². The molecule has 3 rings (SSSR count). The van der Waals surface area contributed by atoms with E-state index in [9.17, 15) is 9.59 Å². The molecule has 6 nitrogen and oxygen atoms in total. The van der Waals surface area contributed by atoms with E-state index in [4.69, 9.17) is 4.74 Å². The van der Waals surface area contributed by atoms with Crippen LogP contribution in [0.1, 0.15) is 26.3 Å². The van der Waals surface area contributed by atoms with Crippen molar-refractivity contribution in [3.63, 3.8) is 0 Å². The molecule has 24 heavy (non-hydrogen) atoms. The number of hydrogen-bond acceptors (Lipinski definition) is 6. The normalized spacial score (nSPS) is 12.2. The second-order valence-corrected chi connectivity index (χ2v) is 6.24. The van der Waals surface area contributed by atoms with Crippen molar-refractivity contribution in [2.24, 2.45) is 0 Å². The molecule has 0 bridgehead atoms. The van der Waals surface area contributed by atoms with Crippen LogP contribution in [0, 0.1) is 0 Å². The molecule has 0 spiro atoms. The van der Waals surface area contributed by atoms with Crippen LogP contribution in [0.5, 0.6) is 0 Å². The number of rotatable bonds is 5. The summed E-state index contributed by atoms with van der Waals surface area (Å²) in [6.07, 6.45) is 0.411. The Bertz CT molecular complexity index is 918. The largest absolute Gasteiger partial charge is 0.464 e. The second-order valence-electron chi connectivity index (χ2n) is 5.21. The fourth-order valence-corrected chi connectivity index (χ4v) is 3.46. The quantitative estimate of drug-likeness (QED) is 0.666. The Balaban J connectivity index is 2.08. The molecule has 0 N–H and O–H groups in total. The number of aromatic nitrogens is 3. The predicted octanol–water partition coefficient (Wildman–Crippen LogP) is 3.03. The number of fused-ring (bicyclic) bond motifs is 1. The maximum absolute atomic E-state index is 12.7. The van der Waals surface area contributed by atoms with Gasteiger partial charge in [0.1, 0.15) is 0 Å². The highest BCUT2D eigenvalue weighted by Crippen LogP contribution is 2.30. The zero-order chi connectivity index (χ0) is 17.1. The molecule has 124 valence electrons. The van der Waals surface area contributed by atoms with Gasteiger partial charge in [0.25, 0.3) is 5.56 Å². The van der Waals surface area contributed by atoms with Crippen molar-refractivity contribution in [1.29, 1.82) is 0 Å². The zero-order valence-electron chi connectivity index (χ0n) is 13.4. The molecule has 0 saturated heterocycles. The number of nitrogens with zero attached hydrogens (tertiary/aromatic N) is 3. The van der Waals surface area contributed by atoms with Crippen LogP contribution in [0.4, 0.5) is 0 Å². The Morgan fingerprint density at radius 3 is 2.71 bits per heavy atom. The van der Waals surface area contributed by atoms with E-state index in [2.05, 4.69) is 10.3 Å². The van der Waals surface area contributed by atoms with Gasteiger partial charge in [0, 0.05) is 4.88 Å². The third kappa shape index (κ3) is 2.94. The maximum Gasteiger partial charge on any atom is 0.331 e. The summed E-state index contributed by atoms with van der Waals surface area (Å²) in [6.45, 7) is 3.80. The fraction of sp³-hybridized carbons (Fsp3) is 0.294. The standard InChI is InChI=1S/C17H17N3O3S/c1-3-13(17(22)23-4-2)20-16(21)12-10-14(24-15(12)18-19-20)11-8-6-5-7-9-11/h5-10,13H,3-4H2,1-2H3/t13-/m0/s1. The summed E-state index contributed by atoms with van der Waals surface area (Å²) < 4.78 is 6.15. The predicted molar refractivity (Wildman–Crippen MR) is 93.1 cm³/mol. The molecule has 3 aromatic rings. The molecule has 1 aromatic carbocycles. The van der Waals surface area contributed by atoms with Gasteiger partial charge >= 0.3 is 5.97 Å². The summed E-state index contributed by atoms with van der Waals surface area (Å²) in [5.41, 5.74) is 0.696. The van der Waals surface area contributed by atoms with Gasteiger partial charge in [-0.2, -0.15) is 4.68 Å². The number of hydrogen-bond donors (Lipinski definition) is 0. The third-order valence-electron chi connectivity index (χ3n) is 3.68. The molecule has 2 aromatic heterocycles. The number of thiophene rings is 1. The first-order valence-corrected chi connectivity index (χ1v) is 8.58. The highest BCUT2D eigenvalue weighted by molar-refractivity contribution is 7.21. The summed E-state index contributed by atoms with van der Waals surface area (Å²) in [5.74, 6) is -0.464. The lowest BCUT2D eigenvalue weighted by Gasteiger charge is -2.14. The molecular formula is C17H17N3O3S. The summed E-state index contributed by atoms with van der Waals surface area (Å²) >= 11 is 1.41. The van der Waals surface area contributed by atoms with E-state index in [1.54, 1.807) is 13.0 Å². The Morgan fingerprint density at radius 1 is 1.29 bits per heavy atom. The number of carbonyl (C=O) groups excluding carboxylic acids is 1. The maximum atomic E-state index is 12.7. The van der Waals surface area contributed by atoms with Gasteiger partial charge in [-0.1, -0.05) is 42.5 Å². The SMILES string of the molecule is CCOC(=O)[C@H](CC)n1nnc2sc(-c3ccccc3)cc2c1=O. The lowest BCUT2D eigenvalue weighted by molar-refractivity contribution is -0.147. The number of esters is 1. The molecule has 0 aliphatic carbocycles. The highest BCUT2D eigenvalue weighted by Gasteiger charge is 2.24. The third-order valence-corrected chi connectivity index (χ3v) is 4.75. The summed E-state index contributed by atoms with van der Waals surface area (Å²) in [6, 6.07) is 10.8. The van der Waals surface area contributed by atoms with Crippen molar-refractivity contribution in [3.05, 3.63) is 46.8 Å². The number of carbonyl (C=O) groups is 1. The molecule has 0 aliphatic rings. The second kappa shape index (κ2) is 6.92. The molecule has 1 atom stereocenters. The molecule has 7 heteroatoms. The summed E-state index contributed by atoms with van der Waals surface area (Å²) in [7, 11) is 0. The molecule has 0 unspecified atom stereocenters. The first-order chi connectivity index (χ1) is 11.7. The molecule has 0 fully saturated rings. The van der Waals surface area contributed by atoms with Gasteiger partial charge in [0.15, 0.2) is 10.9 Å². The van der Waals surface area contributed by atoms with Crippen molar-refractivity contribution in [3.8, 4) is 10.4 Å². The van der Waals surface area contributed by atoms with Crippen LogP contribution >= 0.6 is 11.3 Å². The Labute approximate surface area is 142 Å². The lowest BCUT2D eigenvalue weighted by Crippen LogP contribution is -2.33. The molecule has 0 aliphatic heterocycles. The summed E-state index contributed by atoms with van der Waals surface area (Å²) in [4.78, 5) is 26.3. The van der Waals surface area contributed by atoms with E-state index in [1.165, 1.54) is 11.3 Å². The zero-order valence-corrected chi connectivity index (χ0v) is 14.2. The average Bonchev–Trinajstić information content (AvgIpc) is 3.04. The summed E-state index contributed by atoms with van der Waals surface area (Å²) in [5, 5.41) is 8.54. The van der Waals surface area contributed by atoms with Gasteiger partial charge in [-0.25, -0.2) is 4.79 Å². The smallest absolute Gasteiger partial charge is 0.331 e. The molecule has 0 radical (unpaired) electrons. The Kier molecular flexibility index (Phi) is 4.71. The van der Waals surface area contributed by atoms with E-state index >= 15 is 0 Å². The van der Waals surface area contributed by atoms with Crippen LogP contribution in [0.2, 0.25) is 0 Å². The molecule has 2 heterocycles. The van der Waals surface area contributed by atoms with Gasteiger partial charge in [0.05, 0.1) is 12.0 Å². The van der Waals surface area contributed by atoms with Crippen molar-refractivity contribution < 1.29 is 9.53 Å². The van der Waals surface area contributed by atoms with E-state index in [1.807, 2.05) is 37.3 Å². The van der Waals surface area contributed by atoms with Crippen molar-refractivity contribution in [2.75, 3.05) is 6.61 Å². The van der Waals surface area contributed by atoms with Crippen LogP contribution in [-0.4, -0.2) is 27.6 Å². The van der Waals surface area contributed by atoms with Gasteiger partial charge in [-0.3, -0.25) is 4.79 Å². The first kappa shape index (κ1) is 16.3. The lowest BCUT2D eigenvalue weighted by atomic mass is 10.2. The van der Waals surface area contributed by atoms with Crippen LogP contribution < -0.4 is 5.56 Å². The molecule has 0 saturated carbocycles. The Morgan fingerprint density at radius 2 is 2.04 bits per heavy atom. The van der Waals surface area contributed by atoms with E-state index in [0.29, 0.717) is 16.6 Å². The molecular weight excluding hydrogens is 326 g/mol. The van der Waals surface area contributed by atoms with E-state index in [-0.39, 0.29) is 12.2 Å². The minimum absolute atomic E-state index is 0.260. The monoisotopic (exact) mass is 343 g/mol. The topological polar surface area (TPSA) is 74.1 Å². The van der Waals surface area contributed by atoms with Crippen LogP contribution in [0.3, 0.4) is 0 Å². The van der Waals surface area contributed by atoms with Gasteiger partial charge in [0.2, 0.25) is 0 Å². The van der Waals surface area contributed by atoms with E-state index < -0.39 is 12.0 Å². The minimum atomic E-state index is -0.755. The Hall–Kier alpha value is -2.54. The number of ether oxygens (including phenoxy) is 1. The average molecular weight is 343 g/mol. The van der Waals surface area contributed by atoms with Gasteiger partial charge in [-0.15, -0.1) is 16.4 Å². The van der Waals surface area contributed by atoms with Crippen molar-refractivity contribution >= 4 is 27.5 Å². The first-order valence-electron chi connectivity index (χ1n) is 7.76. The van der Waals surface area contributed by atoms with E-state index in [0.717, 1.165) is 15.1 Å². The molecule has 0 amide bonds. The number of benzene rings is 1. The van der Waals surface area contributed by atoms with Gasteiger partial charge < -0.3 is 4.74 Å². The van der Waals surface area contributed by atoms with Crippen LogP contribution in [0.25, 0.3) is 20.7 Å².